The number of fused-ring (bicyclic) bond motifs is 4. The molecule has 0 fully saturated rings. The Kier molecular flexibility index (Phi) is 3.17. The van der Waals surface area contributed by atoms with E-state index in [1.165, 1.54) is 0 Å². The fourth-order valence-corrected chi connectivity index (χ4v) is 4.59. The Morgan fingerprint density at radius 1 is 0.750 bits per heavy atom. The van der Waals surface area contributed by atoms with Gasteiger partial charge in [0, 0.05) is 20.6 Å². The molecule has 0 saturated heterocycles. The van der Waals surface area contributed by atoms with E-state index < -0.39 is 0 Å². The first kappa shape index (κ1) is 15.8. The first-order chi connectivity index (χ1) is 13.7. The van der Waals surface area contributed by atoms with Crippen molar-refractivity contribution in [1.82, 2.24) is 9.38 Å². The molecule has 0 spiro atoms. The molecule has 0 N–H and O–H groups in total. The van der Waals surface area contributed by atoms with Crippen molar-refractivity contribution in [2.75, 3.05) is 0 Å². The number of pyridine rings is 1. The molecule has 0 aliphatic rings. The second kappa shape index (κ2) is 5.63. The Morgan fingerprint density at radius 3 is 2.43 bits per heavy atom. The van der Waals surface area contributed by atoms with Gasteiger partial charge < -0.3 is 0 Å². The topological polar surface area (TPSA) is 34.4 Å². The molecule has 0 aliphatic carbocycles. The molecule has 0 saturated carbocycles. The van der Waals surface area contributed by atoms with Crippen LogP contribution in [0.2, 0.25) is 0 Å². The van der Waals surface area contributed by atoms with Crippen LogP contribution in [0.1, 0.15) is 0 Å². The van der Waals surface area contributed by atoms with Crippen LogP contribution in [0.4, 0.5) is 0 Å². The molecule has 0 atom stereocenters. The molecule has 0 radical (unpaired) electrons. The van der Waals surface area contributed by atoms with E-state index in [1.54, 1.807) is 4.40 Å². The Hall–Kier alpha value is -3.24. The van der Waals surface area contributed by atoms with Gasteiger partial charge in [-0.2, -0.15) is 0 Å². The third-order valence-corrected chi connectivity index (χ3v) is 6.11. The number of benzene rings is 4. The van der Waals surface area contributed by atoms with Crippen molar-refractivity contribution in [1.29, 1.82) is 0 Å². The van der Waals surface area contributed by atoms with E-state index in [-0.39, 0.29) is 5.56 Å². The number of aromatic nitrogens is 2. The van der Waals surface area contributed by atoms with Gasteiger partial charge in [-0.25, -0.2) is 4.98 Å². The van der Waals surface area contributed by atoms with E-state index in [4.69, 9.17) is 4.98 Å². The summed E-state index contributed by atoms with van der Waals surface area (Å²) in [6.45, 7) is 0. The number of imidazole rings is 1. The van der Waals surface area contributed by atoms with Crippen LogP contribution >= 0.6 is 15.9 Å². The molecule has 2 aromatic heterocycles. The lowest BCUT2D eigenvalue weighted by Crippen LogP contribution is -2.13. The van der Waals surface area contributed by atoms with Crippen molar-refractivity contribution in [2.24, 2.45) is 0 Å². The lowest BCUT2D eigenvalue weighted by molar-refractivity contribution is 1.19. The largest absolute Gasteiger partial charge is 0.268 e. The molecule has 6 aromatic rings. The van der Waals surface area contributed by atoms with Crippen LogP contribution in [0.5, 0.6) is 0 Å². The van der Waals surface area contributed by atoms with Gasteiger partial charge in [0.25, 0.3) is 5.56 Å². The van der Waals surface area contributed by atoms with Gasteiger partial charge in [-0.1, -0.05) is 70.5 Å². The fraction of sp³-hybridized carbons (Fsp3) is 0. The molecule has 0 amide bonds. The van der Waals surface area contributed by atoms with Crippen LogP contribution in [-0.2, 0) is 0 Å². The van der Waals surface area contributed by atoms with Crippen LogP contribution in [0, 0.1) is 0 Å². The fourth-order valence-electron chi connectivity index (χ4n) is 4.13. The molecule has 3 nitrogen and oxygen atoms in total. The third-order valence-electron chi connectivity index (χ3n) is 5.42. The lowest BCUT2D eigenvalue weighted by atomic mass is 10.0. The maximum absolute atomic E-state index is 13.4. The molecule has 0 unspecified atom stereocenters. The van der Waals surface area contributed by atoms with Gasteiger partial charge in [0.1, 0.15) is 5.65 Å². The molecular weight excluding hydrogens is 412 g/mol. The summed E-state index contributed by atoms with van der Waals surface area (Å²) in [5.41, 5.74) is 4.54. The van der Waals surface area contributed by atoms with Crippen molar-refractivity contribution >= 4 is 54.2 Å². The van der Waals surface area contributed by atoms with E-state index in [1.807, 2.05) is 54.6 Å². The van der Waals surface area contributed by atoms with Crippen LogP contribution in [0.15, 0.2) is 88.1 Å². The zero-order chi connectivity index (χ0) is 18.8. The normalized spacial score (nSPS) is 11.9. The zero-order valence-electron chi connectivity index (χ0n) is 14.7. The molecule has 0 bridgehead atoms. The van der Waals surface area contributed by atoms with Gasteiger partial charge in [0.15, 0.2) is 0 Å². The molecular formula is C24H13BrN2O. The Morgan fingerprint density at radius 2 is 1.57 bits per heavy atom. The Bertz CT molecular complexity index is 1590. The van der Waals surface area contributed by atoms with Crippen molar-refractivity contribution in [2.45, 2.75) is 0 Å². The van der Waals surface area contributed by atoms with Gasteiger partial charge >= 0.3 is 0 Å². The standard InChI is InChI=1S/C24H13BrN2O/c25-19-11-10-18-22-16(19)7-4-8-17(22)23-26-20-12-9-15(14-5-2-1-3-6-14)13-21(20)27(23)24(18)28/h1-13H. The SMILES string of the molecule is O=c1c2ccc(Br)c3cccc(c32)c2nc3ccc(-c4ccccc4)cc3n12. The Balaban J connectivity index is 1.82. The second-order valence-corrected chi connectivity index (χ2v) is 7.82. The maximum Gasteiger partial charge on any atom is 0.264 e. The summed E-state index contributed by atoms with van der Waals surface area (Å²) in [4.78, 5) is 18.3. The lowest BCUT2D eigenvalue weighted by Gasteiger charge is -2.08. The summed E-state index contributed by atoms with van der Waals surface area (Å²) in [7, 11) is 0. The highest BCUT2D eigenvalue weighted by atomic mass is 79.9. The summed E-state index contributed by atoms with van der Waals surface area (Å²) in [5, 5.41) is 3.70. The predicted octanol–water partition coefficient (Wildman–Crippen LogP) is 6.02. The van der Waals surface area contributed by atoms with Crippen molar-refractivity contribution in [3.63, 3.8) is 0 Å². The minimum Gasteiger partial charge on any atom is -0.268 e. The minimum atomic E-state index is -0.0288. The number of halogens is 1. The highest BCUT2D eigenvalue weighted by molar-refractivity contribution is 9.10. The molecule has 132 valence electrons. The van der Waals surface area contributed by atoms with E-state index in [0.29, 0.717) is 11.0 Å². The van der Waals surface area contributed by atoms with E-state index >= 15 is 0 Å². The van der Waals surface area contributed by atoms with E-state index in [9.17, 15) is 4.79 Å². The van der Waals surface area contributed by atoms with Crippen molar-refractivity contribution in [3.05, 3.63) is 93.7 Å². The van der Waals surface area contributed by atoms with Crippen LogP contribution in [-0.4, -0.2) is 9.38 Å². The number of hydrogen-bond donors (Lipinski definition) is 0. The third kappa shape index (κ3) is 2.04. The number of nitrogens with zero attached hydrogens (tertiary/aromatic N) is 2. The molecule has 28 heavy (non-hydrogen) atoms. The smallest absolute Gasteiger partial charge is 0.264 e. The number of rotatable bonds is 1. The van der Waals surface area contributed by atoms with Gasteiger partial charge in [-0.15, -0.1) is 0 Å². The second-order valence-electron chi connectivity index (χ2n) is 6.97. The summed E-state index contributed by atoms with van der Waals surface area (Å²) in [6.07, 6.45) is 0. The van der Waals surface area contributed by atoms with Crippen LogP contribution < -0.4 is 5.56 Å². The van der Waals surface area contributed by atoms with E-state index in [0.717, 1.165) is 42.8 Å². The van der Waals surface area contributed by atoms with Gasteiger partial charge in [0.05, 0.1) is 11.0 Å². The van der Waals surface area contributed by atoms with Crippen LogP contribution in [0.3, 0.4) is 0 Å². The highest BCUT2D eigenvalue weighted by Gasteiger charge is 2.17. The molecule has 4 heteroatoms. The van der Waals surface area contributed by atoms with Gasteiger partial charge in [-0.3, -0.25) is 9.20 Å². The van der Waals surface area contributed by atoms with Crippen molar-refractivity contribution in [3.8, 4) is 11.1 Å². The van der Waals surface area contributed by atoms with E-state index in [2.05, 4.69) is 40.2 Å². The Labute approximate surface area is 168 Å². The quantitative estimate of drug-likeness (QED) is 0.323. The molecule has 2 heterocycles. The molecule has 6 rings (SSSR count). The summed E-state index contributed by atoms with van der Waals surface area (Å²) in [5.74, 6) is 0. The molecule has 0 aliphatic heterocycles. The van der Waals surface area contributed by atoms with Crippen molar-refractivity contribution < 1.29 is 0 Å². The average molecular weight is 425 g/mol. The summed E-state index contributed by atoms with van der Waals surface area (Å²) in [6, 6.07) is 26.2. The van der Waals surface area contributed by atoms with Crippen LogP contribution in [0.25, 0.3) is 49.4 Å². The average Bonchev–Trinajstić information content (AvgIpc) is 3.13. The predicted molar refractivity (Wildman–Crippen MR) is 118 cm³/mol. The van der Waals surface area contributed by atoms with Gasteiger partial charge in [-0.05, 0) is 40.8 Å². The first-order valence-corrected chi connectivity index (χ1v) is 9.86. The summed E-state index contributed by atoms with van der Waals surface area (Å²) >= 11 is 3.61. The monoisotopic (exact) mass is 424 g/mol. The maximum atomic E-state index is 13.4. The zero-order valence-corrected chi connectivity index (χ0v) is 16.3. The molecule has 4 aromatic carbocycles. The first-order valence-electron chi connectivity index (χ1n) is 9.06. The van der Waals surface area contributed by atoms with Gasteiger partial charge in [0.2, 0.25) is 0 Å². The highest BCUT2D eigenvalue weighted by Crippen LogP contribution is 2.34. The number of hydrogen-bond acceptors (Lipinski definition) is 2. The summed E-state index contributed by atoms with van der Waals surface area (Å²) < 4.78 is 2.74. The minimum absolute atomic E-state index is 0.0288.